The van der Waals surface area contributed by atoms with E-state index >= 15 is 0 Å². The van der Waals surface area contributed by atoms with Crippen LogP contribution < -0.4 is 0 Å². The average molecular weight is 349 g/mol. The van der Waals surface area contributed by atoms with E-state index in [4.69, 9.17) is 0 Å². The van der Waals surface area contributed by atoms with Gasteiger partial charge < -0.3 is 4.90 Å². The summed E-state index contributed by atoms with van der Waals surface area (Å²) in [4.78, 5) is 14.6. The highest BCUT2D eigenvalue weighted by molar-refractivity contribution is 7.12. The van der Waals surface area contributed by atoms with Gasteiger partial charge in [0.05, 0.1) is 12.2 Å². The van der Waals surface area contributed by atoms with E-state index in [1.54, 1.807) is 18.4 Å². The van der Waals surface area contributed by atoms with Crippen molar-refractivity contribution in [3.63, 3.8) is 0 Å². The molecule has 0 N–H and O–H groups in total. The summed E-state index contributed by atoms with van der Waals surface area (Å²) in [7, 11) is 0. The van der Waals surface area contributed by atoms with Crippen molar-refractivity contribution < 1.29 is 13.6 Å². The van der Waals surface area contributed by atoms with Gasteiger partial charge in [0.25, 0.3) is 5.91 Å². The smallest absolute Gasteiger partial charge is 0.266 e. The van der Waals surface area contributed by atoms with Crippen LogP contribution in [0.25, 0.3) is 5.69 Å². The number of amides is 1. The number of carbonyl (C=O) groups excluding carboxylic acids is 1. The molecule has 0 unspecified atom stereocenters. The molecule has 1 amide bonds. The fourth-order valence-electron chi connectivity index (χ4n) is 2.26. The fraction of sp³-hybridized carbons (Fsp3) is 0.200. The molecule has 0 spiro atoms. The van der Waals surface area contributed by atoms with Crippen LogP contribution >= 0.6 is 11.3 Å². The lowest BCUT2D eigenvalue weighted by atomic mass is 10.1. The van der Waals surface area contributed by atoms with Gasteiger partial charge in [0, 0.05) is 12.1 Å². The Morgan fingerprint density at radius 1 is 1.29 bits per heavy atom. The number of tetrazole rings is 1. The standard InChI is InChI=1S/C15H13F2N5OS/c1-2-21(8-10-11(16)4-3-5-12(10)17)15(23)14-13(6-7-24-14)22-9-18-19-20-22/h3-7,9H,2,8H2,1H3. The Balaban J connectivity index is 1.90. The molecule has 3 aromatic rings. The lowest BCUT2D eigenvalue weighted by Gasteiger charge is -2.21. The summed E-state index contributed by atoms with van der Waals surface area (Å²) in [5, 5.41) is 12.6. The van der Waals surface area contributed by atoms with E-state index in [-0.39, 0.29) is 18.0 Å². The van der Waals surface area contributed by atoms with Gasteiger partial charge in [-0.1, -0.05) is 6.07 Å². The second kappa shape index (κ2) is 6.83. The highest BCUT2D eigenvalue weighted by atomic mass is 32.1. The van der Waals surface area contributed by atoms with Crippen LogP contribution in [0.4, 0.5) is 8.78 Å². The number of rotatable bonds is 5. The fourth-order valence-corrected chi connectivity index (χ4v) is 3.10. The first-order valence-electron chi connectivity index (χ1n) is 7.14. The van der Waals surface area contributed by atoms with Crippen molar-refractivity contribution in [1.82, 2.24) is 25.1 Å². The molecule has 0 saturated carbocycles. The van der Waals surface area contributed by atoms with Gasteiger partial charge in [-0.2, -0.15) is 4.68 Å². The van der Waals surface area contributed by atoms with Crippen LogP contribution in [-0.2, 0) is 6.54 Å². The summed E-state index contributed by atoms with van der Waals surface area (Å²) in [6, 6.07) is 5.36. The molecule has 0 atom stereocenters. The molecule has 0 aliphatic carbocycles. The highest BCUT2D eigenvalue weighted by Gasteiger charge is 2.23. The van der Waals surface area contributed by atoms with E-state index in [9.17, 15) is 13.6 Å². The van der Waals surface area contributed by atoms with Crippen LogP contribution in [0, 0.1) is 11.6 Å². The number of carbonyl (C=O) groups is 1. The number of halogens is 2. The maximum atomic E-state index is 13.8. The SMILES string of the molecule is CCN(Cc1c(F)cccc1F)C(=O)c1sccc1-n1cnnn1. The zero-order chi connectivity index (χ0) is 17.1. The zero-order valence-corrected chi connectivity index (χ0v) is 13.5. The van der Waals surface area contributed by atoms with Crippen LogP contribution in [0.5, 0.6) is 0 Å². The van der Waals surface area contributed by atoms with Gasteiger partial charge in [0.2, 0.25) is 0 Å². The normalized spacial score (nSPS) is 10.8. The molecule has 0 fully saturated rings. The molecule has 6 nitrogen and oxygen atoms in total. The van der Waals surface area contributed by atoms with Gasteiger partial charge in [-0.15, -0.1) is 16.4 Å². The van der Waals surface area contributed by atoms with Gasteiger partial charge in [0.1, 0.15) is 22.8 Å². The van der Waals surface area contributed by atoms with E-state index in [0.29, 0.717) is 17.1 Å². The minimum atomic E-state index is -0.673. The molecule has 24 heavy (non-hydrogen) atoms. The molecule has 0 aliphatic heterocycles. The number of thiophene rings is 1. The predicted octanol–water partition coefficient (Wildman–Crippen LogP) is 2.66. The van der Waals surface area contributed by atoms with Crippen LogP contribution in [0.1, 0.15) is 22.2 Å². The van der Waals surface area contributed by atoms with E-state index in [0.717, 1.165) is 0 Å². The number of benzene rings is 1. The Bertz CT molecular complexity index is 829. The highest BCUT2D eigenvalue weighted by Crippen LogP contribution is 2.23. The third-order valence-electron chi connectivity index (χ3n) is 3.51. The molecule has 2 heterocycles. The molecule has 9 heteroatoms. The quantitative estimate of drug-likeness (QED) is 0.710. The molecule has 3 rings (SSSR count). The second-order valence-electron chi connectivity index (χ2n) is 4.91. The van der Waals surface area contributed by atoms with Crippen molar-refractivity contribution in [2.75, 3.05) is 6.54 Å². The number of aromatic nitrogens is 4. The summed E-state index contributed by atoms with van der Waals surface area (Å²) >= 11 is 1.22. The maximum absolute atomic E-state index is 13.8. The Hall–Kier alpha value is -2.68. The summed E-state index contributed by atoms with van der Waals surface area (Å²) in [6.45, 7) is 1.90. The number of hydrogen-bond donors (Lipinski definition) is 0. The molecule has 124 valence electrons. The number of hydrogen-bond acceptors (Lipinski definition) is 5. The average Bonchev–Trinajstić information content (AvgIpc) is 3.25. The summed E-state index contributed by atoms with van der Waals surface area (Å²) in [6.07, 6.45) is 1.38. The first kappa shape index (κ1) is 16.2. The van der Waals surface area contributed by atoms with Crippen molar-refractivity contribution >= 4 is 17.2 Å². The monoisotopic (exact) mass is 349 g/mol. The van der Waals surface area contributed by atoms with Crippen molar-refractivity contribution in [2.45, 2.75) is 13.5 Å². The van der Waals surface area contributed by atoms with Gasteiger partial charge in [-0.05, 0) is 40.9 Å². The minimum absolute atomic E-state index is 0.131. The molecule has 0 bridgehead atoms. The van der Waals surface area contributed by atoms with Gasteiger partial charge >= 0.3 is 0 Å². The minimum Gasteiger partial charge on any atom is -0.334 e. The zero-order valence-electron chi connectivity index (χ0n) is 12.7. The topological polar surface area (TPSA) is 63.9 Å². The number of nitrogens with zero attached hydrogens (tertiary/aromatic N) is 5. The third-order valence-corrected chi connectivity index (χ3v) is 4.41. The largest absolute Gasteiger partial charge is 0.334 e. The summed E-state index contributed by atoms with van der Waals surface area (Å²) in [5.74, 6) is -1.68. The molecule has 1 aromatic carbocycles. The molecule has 2 aromatic heterocycles. The lowest BCUT2D eigenvalue weighted by Crippen LogP contribution is -2.31. The van der Waals surface area contributed by atoms with E-state index in [1.165, 1.54) is 45.4 Å². The first-order valence-corrected chi connectivity index (χ1v) is 8.02. The Morgan fingerprint density at radius 3 is 2.67 bits per heavy atom. The molecule has 0 radical (unpaired) electrons. The lowest BCUT2D eigenvalue weighted by molar-refractivity contribution is 0.0754. The van der Waals surface area contributed by atoms with Gasteiger partial charge in [0.15, 0.2) is 0 Å². The van der Waals surface area contributed by atoms with Crippen LogP contribution in [0.3, 0.4) is 0 Å². The third kappa shape index (κ3) is 3.02. The van der Waals surface area contributed by atoms with Crippen molar-refractivity contribution in [3.8, 4) is 5.69 Å². The molecular formula is C15H13F2N5OS. The summed E-state index contributed by atoms with van der Waals surface area (Å²) < 4.78 is 29.1. The maximum Gasteiger partial charge on any atom is 0.266 e. The van der Waals surface area contributed by atoms with Crippen molar-refractivity contribution in [3.05, 3.63) is 58.0 Å². The summed E-state index contributed by atoms with van der Waals surface area (Å²) in [5.41, 5.74) is 0.399. The second-order valence-corrected chi connectivity index (χ2v) is 5.83. The van der Waals surface area contributed by atoms with Crippen LogP contribution in [-0.4, -0.2) is 37.6 Å². The molecular weight excluding hydrogens is 336 g/mol. The Kier molecular flexibility index (Phi) is 4.61. The van der Waals surface area contributed by atoms with Crippen LogP contribution in [0.15, 0.2) is 36.0 Å². The molecule has 0 aliphatic rings. The Labute approximate surface area is 140 Å². The van der Waals surface area contributed by atoms with Crippen LogP contribution in [0.2, 0.25) is 0 Å². The van der Waals surface area contributed by atoms with Crippen molar-refractivity contribution in [1.29, 1.82) is 0 Å². The van der Waals surface area contributed by atoms with Gasteiger partial charge in [-0.3, -0.25) is 4.79 Å². The van der Waals surface area contributed by atoms with Gasteiger partial charge in [-0.25, -0.2) is 8.78 Å². The van der Waals surface area contributed by atoms with E-state index < -0.39 is 11.6 Å². The van der Waals surface area contributed by atoms with Crippen molar-refractivity contribution in [2.24, 2.45) is 0 Å². The van der Waals surface area contributed by atoms with E-state index in [1.807, 2.05) is 0 Å². The van der Waals surface area contributed by atoms with E-state index in [2.05, 4.69) is 15.5 Å². The predicted molar refractivity (Wildman–Crippen MR) is 83.8 cm³/mol. The molecule has 0 saturated heterocycles. The Morgan fingerprint density at radius 2 is 2.04 bits per heavy atom. The first-order chi connectivity index (χ1) is 11.6.